The highest BCUT2D eigenvalue weighted by Gasteiger charge is 2.04. The average Bonchev–Trinajstić information content (AvgIpc) is 2.18. The van der Waals surface area contributed by atoms with E-state index >= 15 is 0 Å². The first-order chi connectivity index (χ1) is 6.67. The summed E-state index contributed by atoms with van der Waals surface area (Å²) in [5.74, 6) is 1.32. The molecule has 1 atom stereocenters. The number of rotatable bonds is 4. The van der Waals surface area contributed by atoms with Crippen LogP contribution in [0.25, 0.3) is 0 Å². The average molecular weight is 192 g/mol. The van der Waals surface area contributed by atoms with Crippen LogP contribution in [-0.2, 0) is 0 Å². The van der Waals surface area contributed by atoms with Gasteiger partial charge < -0.3 is 14.5 Å². The summed E-state index contributed by atoms with van der Waals surface area (Å²) in [4.78, 5) is 0. The molecule has 1 aromatic carbocycles. The van der Waals surface area contributed by atoms with Crippen molar-refractivity contribution < 1.29 is 14.5 Å². The van der Waals surface area contributed by atoms with Gasteiger partial charge in [0.25, 0.3) is 0 Å². The maximum atomic E-state index is 8.80. The van der Waals surface area contributed by atoms with E-state index in [-0.39, 0.29) is 12.7 Å². The zero-order valence-electron chi connectivity index (χ0n) is 8.36. The van der Waals surface area contributed by atoms with Crippen molar-refractivity contribution in [1.29, 1.82) is 0 Å². The van der Waals surface area contributed by atoms with Crippen molar-refractivity contribution in [3.8, 4) is 11.5 Å². The summed E-state index contributed by atoms with van der Waals surface area (Å²) in [6.07, 6.45) is -0.209. The molecule has 0 saturated carbocycles. The van der Waals surface area contributed by atoms with Gasteiger partial charge in [0.05, 0.1) is 6.61 Å². The zero-order chi connectivity index (χ0) is 10.6. The van der Waals surface area contributed by atoms with Gasteiger partial charge >= 0.3 is 8.05 Å². The smallest absolute Gasteiger partial charge is 0.374 e. The number of hydrogen-bond acceptors (Lipinski definition) is 3. The Morgan fingerprint density at radius 2 is 2.21 bits per heavy atom. The molecule has 0 saturated heterocycles. The van der Waals surface area contributed by atoms with E-state index in [4.69, 9.17) is 17.9 Å². The van der Waals surface area contributed by atoms with Gasteiger partial charge in [0.15, 0.2) is 0 Å². The lowest BCUT2D eigenvalue weighted by Gasteiger charge is -2.13. The molecule has 1 rings (SSSR count). The Balaban J connectivity index is 2.76. The molecule has 2 radical (unpaired) electrons. The van der Waals surface area contributed by atoms with Gasteiger partial charge in [-0.1, -0.05) is 0 Å². The molecule has 0 fully saturated rings. The van der Waals surface area contributed by atoms with Crippen LogP contribution >= 0.6 is 0 Å². The Bertz CT molecular complexity index is 301. The van der Waals surface area contributed by atoms with E-state index in [9.17, 15) is 0 Å². The maximum absolute atomic E-state index is 8.80. The number of ether oxygens (including phenoxy) is 1. The van der Waals surface area contributed by atoms with Crippen LogP contribution in [0, 0.1) is 6.92 Å². The fraction of sp³-hybridized carbons (Fsp3) is 0.400. The van der Waals surface area contributed by atoms with E-state index < -0.39 is 0 Å². The lowest BCUT2D eigenvalue weighted by Crippen LogP contribution is -2.16. The topological polar surface area (TPSA) is 38.7 Å². The van der Waals surface area contributed by atoms with Gasteiger partial charge in [-0.25, -0.2) is 0 Å². The number of benzene rings is 1. The van der Waals surface area contributed by atoms with Crippen LogP contribution in [0.4, 0.5) is 0 Å². The van der Waals surface area contributed by atoms with Gasteiger partial charge in [0.1, 0.15) is 17.6 Å². The van der Waals surface area contributed by atoms with Gasteiger partial charge in [0, 0.05) is 0 Å². The first-order valence-corrected chi connectivity index (χ1v) is 4.42. The molecule has 14 heavy (non-hydrogen) atoms. The minimum atomic E-state index is -0.209. The van der Waals surface area contributed by atoms with E-state index in [1.165, 1.54) is 0 Å². The Kier molecular flexibility index (Phi) is 3.83. The normalized spacial score (nSPS) is 12.2. The van der Waals surface area contributed by atoms with Crippen molar-refractivity contribution in [1.82, 2.24) is 0 Å². The third-order valence-corrected chi connectivity index (χ3v) is 1.87. The van der Waals surface area contributed by atoms with Crippen molar-refractivity contribution in [2.24, 2.45) is 0 Å². The molecule has 1 aromatic rings. The molecule has 4 heteroatoms. The van der Waals surface area contributed by atoms with Gasteiger partial charge in [-0.3, -0.25) is 0 Å². The summed E-state index contributed by atoms with van der Waals surface area (Å²) in [6, 6.07) is 5.30. The van der Waals surface area contributed by atoms with Gasteiger partial charge in [0.2, 0.25) is 0 Å². The summed E-state index contributed by atoms with van der Waals surface area (Å²) in [7, 11) is 5.05. The Morgan fingerprint density at radius 1 is 1.50 bits per heavy atom. The van der Waals surface area contributed by atoms with Gasteiger partial charge in [-0.15, -0.1) is 0 Å². The number of aliphatic hydroxyl groups is 1. The van der Waals surface area contributed by atoms with E-state index in [1.807, 2.05) is 13.0 Å². The first kappa shape index (κ1) is 10.9. The van der Waals surface area contributed by atoms with Gasteiger partial charge in [-0.2, -0.15) is 0 Å². The number of aryl methyl sites for hydroxylation is 1. The van der Waals surface area contributed by atoms with Crippen molar-refractivity contribution >= 4 is 8.05 Å². The summed E-state index contributed by atoms with van der Waals surface area (Å²) in [5.41, 5.74) is 0.898. The SMILES string of the molecule is [B]Oc1ccc(OC(C)CO)cc1C. The Morgan fingerprint density at radius 3 is 2.71 bits per heavy atom. The molecule has 1 unspecified atom stereocenters. The predicted molar refractivity (Wildman–Crippen MR) is 54.7 cm³/mol. The summed E-state index contributed by atoms with van der Waals surface area (Å²) in [5, 5.41) is 8.80. The van der Waals surface area contributed by atoms with Crippen LogP contribution in [0.5, 0.6) is 11.5 Å². The Hall–Kier alpha value is -1.16. The monoisotopic (exact) mass is 192 g/mol. The molecular weight excluding hydrogens is 179 g/mol. The highest BCUT2D eigenvalue weighted by Crippen LogP contribution is 2.23. The quantitative estimate of drug-likeness (QED) is 0.728. The second kappa shape index (κ2) is 4.91. The third kappa shape index (κ3) is 2.67. The molecule has 74 valence electrons. The molecule has 0 aliphatic carbocycles. The van der Waals surface area contributed by atoms with E-state index in [0.717, 1.165) is 5.56 Å². The first-order valence-electron chi connectivity index (χ1n) is 4.42. The van der Waals surface area contributed by atoms with E-state index in [0.29, 0.717) is 11.5 Å². The molecule has 1 N–H and O–H groups in total. The minimum absolute atomic E-state index is 0.00577. The number of hydrogen-bond donors (Lipinski definition) is 1. The van der Waals surface area contributed by atoms with Crippen LogP contribution in [0.3, 0.4) is 0 Å². The molecule has 0 aliphatic heterocycles. The largest absolute Gasteiger partial charge is 0.568 e. The molecule has 0 aromatic heterocycles. The molecule has 0 amide bonds. The van der Waals surface area contributed by atoms with Crippen LogP contribution in [0.1, 0.15) is 12.5 Å². The van der Waals surface area contributed by atoms with E-state index in [2.05, 4.69) is 4.65 Å². The minimum Gasteiger partial charge on any atom is -0.568 e. The van der Waals surface area contributed by atoms with Crippen molar-refractivity contribution in [3.63, 3.8) is 0 Å². The molecule has 0 spiro atoms. The van der Waals surface area contributed by atoms with Crippen molar-refractivity contribution in [2.75, 3.05) is 6.61 Å². The molecule has 3 nitrogen and oxygen atoms in total. The van der Waals surface area contributed by atoms with Crippen molar-refractivity contribution in [3.05, 3.63) is 23.8 Å². The van der Waals surface area contributed by atoms with Crippen LogP contribution in [0.2, 0.25) is 0 Å². The lowest BCUT2D eigenvalue weighted by molar-refractivity contribution is 0.129. The lowest BCUT2D eigenvalue weighted by atomic mass is 10.2. The second-order valence-electron chi connectivity index (χ2n) is 3.16. The summed E-state index contributed by atoms with van der Waals surface area (Å²) in [6.45, 7) is 3.66. The standard InChI is InChI=1S/C10H13BO3/c1-7-5-9(13-8(2)6-12)3-4-10(7)14-11/h3-5,8,12H,6H2,1-2H3. The summed E-state index contributed by atoms with van der Waals surface area (Å²) < 4.78 is 10.0. The molecule has 0 heterocycles. The fourth-order valence-electron chi connectivity index (χ4n) is 1.10. The van der Waals surface area contributed by atoms with Crippen molar-refractivity contribution in [2.45, 2.75) is 20.0 Å². The summed E-state index contributed by atoms with van der Waals surface area (Å²) >= 11 is 0. The molecular formula is C10H13BO3. The van der Waals surface area contributed by atoms with Gasteiger partial charge in [-0.05, 0) is 37.6 Å². The predicted octanol–water partition coefficient (Wildman–Crippen LogP) is 1.22. The maximum Gasteiger partial charge on any atom is 0.374 e. The zero-order valence-corrected chi connectivity index (χ0v) is 8.36. The number of aliphatic hydroxyl groups excluding tert-OH is 1. The highest BCUT2D eigenvalue weighted by molar-refractivity contribution is 6.00. The highest BCUT2D eigenvalue weighted by atomic mass is 16.5. The fourth-order valence-corrected chi connectivity index (χ4v) is 1.10. The van der Waals surface area contributed by atoms with Crippen LogP contribution < -0.4 is 9.39 Å². The second-order valence-corrected chi connectivity index (χ2v) is 3.16. The third-order valence-electron chi connectivity index (χ3n) is 1.87. The molecule has 0 bridgehead atoms. The van der Waals surface area contributed by atoms with E-state index in [1.54, 1.807) is 19.1 Å². The van der Waals surface area contributed by atoms with Crippen LogP contribution in [-0.4, -0.2) is 25.9 Å². The Labute approximate surface area is 85.1 Å². The molecule has 0 aliphatic rings. The van der Waals surface area contributed by atoms with Crippen LogP contribution in [0.15, 0.2) is 18.2 Å².